The van der Waals surface area contributed by atoms with Gasteiger partial charge in [0.05, 0.1) is 16.9 Å². The molecule has 0 bridgehead atoms. The summed E-state index contributed by atoms with van der Waals surface area (Å²) in [5.74, 6) is -2.01. The van der Waals surface area contributed by atoms with Crippen molar-refractivity contribution < 1.29 is 28.0 Å². The molecule has 0 radical (unpaired) electrons. The van der Waals surface area contributed by atoms with E-state index >= 15 is 0 Å². The zero-order valence-electron chi connectivity index (χ0n) is 12.3. The van der Waals surface area contributed by atoms with Crippen molar-refractivity contribution in [2.45, 2.75) is 18.7 Å². The van der Waals surface area contributed by atoms with Gasteiger partial charge in [0.1, 0.15) is 5.56 Å². The standard InChI is InChI=1S/C12H16N2O7S/c1-4-13(5-2)22(19,20)8-6-9(12(15)16)11(21-3)10(7-8)14(17)18/h6-7H,4-5H2,1-3H3,(H,15,16). The highest BCUT2D eigenvalue weighted by Gasteiger charge is 2.30. The maximum atomic E-state index is 12.4. The maximum absolute atomic E-state index is 12.4. The van der Waals surface area contributed by atoms with Gasteiger partial charge in [0, 0.05) is 19.2 Å². The van der Waals surface area contributed by atoms with Gasteiger partial charge in [-0.15, -0.1) is 0 Å². The van der Waals surface area contributed by atoms with Crippen LogP contribution in [0.4, 0.5) is 5.69 Å². The van der Waals surface area contributed by atoms with Crippen molar-refractivity contribution in [1.82, 2.24) is 4.31 Å². The second-order valence-electron chi connectivity index (χ2n) is 4.17. The molecule has 1 aromatic rings. The number of carboxylic acid groups (broad SMARTS) is 1. The van der Waals surface area contributed by atoms with Crippen LogP contribution < -0.4 is 4.74 Å². The Bertz CT molecular complexity index is 660. The molecule has 1 aromatic carbocycles. The molecule has 9 nitrogen and oxygen atoms in total. The molecule has 0 aliphatic heterocycles. The summed E-state index contributed by atoms with van der Waals surface area (Å²) in [5.41, 5.74) is -1.30. The topological polar surface area (TPSA) is 127 Å². The van der Waals surface area contributed by atoms with Gasteiger partial charge in [-0.25, -0.2) is 13.2 Å². The van der Waals surface area contributed by atoms with Crippen LogP contribution >= 0.6 is 0 Å². The number of rotatable bonds is 7. The minimum Gasteiger partial charge on any atom is -0.490 e. The van der Waals surface area contributed by atoms with Crippen LogP contribution in [0.25, 0.3) is 0 Å². The van der Waals surface area contributed by atoms with Crippen molar-refractivity contribution >= 4 is 21.7 Å². The molecule has 22 heavy (non-hydrogen) atoms. The van der Waals surface area contributed by atoms with Gasteiger partial charge in [-0.2, -0.15) is 4.31 Å². The Kier molecular flexibility index (Phi) is 5.44. The fraction of sp³-hybridized carbons (Fsp3) is 0.417. The van der Waals surface area contributed by atoms with E-state index in [2.05, 4.69) is 0 Å². The third-order valence-corrected chi connectivity index (χ3v) is 5.04. The third-order valence-electron chi connectivity index (χ3n) is 3.02. The lowest BCUT2D eigenvalue weighted by Gasteiger charge is -2.19. The van der Waals surface area contributed by atoms with Gasteiger partial charge >= 0.3 is 11.7 Å². The van der Waals surface area contributed by atoms with Crippen LogP contribution in [0.3, 0.4) is 0 Å². The lowest BCUT2D eigenvalue weighted by molar-refractivity contribution is -0.386. The molecule has 1 rings (SSSR count). The number of carbonyl (C=O) groups is 1. The number of hydrogen-bond acceptors (Lipinski definition) is 6. The van der Waals surface area contributed by atoms with Gasteiger partial charge in [0.15, 0.2) is 0 Å². The van der Waals surface area contributed by atoms with Crippen LogP contribution in [0.15, 0.2) is 17.0 Å². The average molecular weight is 332 g/mol. The summed E-state index contributed by atoms with van der Waals surface area (Å²) < 4.78 is 30.6. The summed E-state index contributed by atoms with van der Waals surface area (Å²) in [6, 6.07) is 1.67. The average Bonchev–Trinajstić information content (AvgIpc) is 2.46. The molecular weight excluding hydrogens is 316 g/mol. The number of benzene rings is 1. The van der Waals surface area contributed by atoms with Crippen LogP contribution in [-0.4, -0.2) is 48.9 Å². The molecule has 122 valence electrons. The summed E-state index contributed by atoms with van der Waals surface area (Å²) in [7, 11) is -2.95. The molecular formula is C12H16N2O7S. The SMILES string of the molecule is CCN(CC)S(=O)(=O)c1cc(C(=O)O)c(OC)c([N+](=O)[O-])c1. The van der Waals surface area contributed by atoms with Crippen molar-refractivity contribution in [2.24, 2.45) is 0 Å². The molecule has 0 fully saturated rings. The van der Waals surface area contributed by atoms with E-state index in [0.717, 1.165) is 23.5 Å². The van der Waals surface area contributed by atoms with E-state index in [9.17, 15) is 23.3 Å². The lowest BCUT2D eigenvalue weighted by atomic mass is 10.1. The number of carboxylic acids is 1. The first kappa shape index (κ1) is 17.9. The first-order valence-electron chi connectivity index (χ1n) is 6.30. The van der Waals surface area contributed by atoms with E-state index in [1.165, 1.54) is 0 Å². The molecule has 0 unspecified atom stereocenters. The van der Waals surface area contributed by atoms with Crippen LogP contribution in [0, 0.1) is 10.1 Å². The lowest BCUT2D eigenvalue weighted by Crippen LogP contribution is -2.30. The van der Waals surface area contributed by atoms with Crippen molar-refractivity contribution in [3.8, 4) is 5.75 Å². The third kappa shape index (κ3) is 3.17. The quantitative estimate of drug-likeness (QED) is 0.589. The number of methoxy groups -OCH3 is 1. The van der Waals surface area contributed by atoms with Crippen molar-refractivity contribution in [3.63, 3.8) is 0 Å². The van der Waals surface area contributed by atoms with E-state index in [4.69, 9.17) is 9.84 Å². The molecule has 0 heterocycles. The van der Waals surface area contributed by atoms with Crippen LogP contribution in [0.2, 0.25) is 0 Å². The molecule has 1 N–H and O–H groups in total. The van der Waals surface area contributed by atoms with Gasteiger partial charge in [-0.3, -0.25) is 10.1 Å². The highest BCUT2D eigenvalue weighted by molar-refractivity contribution is 7.89. The number of nitro groups is 1. The largest absolute Gasteiger partial charge is 0.490 e. The van der Waals surface area contributed by atoms with E-state index in [1.807, 2.05) is 0 Å². The zero-order valence-corrected chi connectivity index (χ0v) is 13.1. The second-order valence-corrected chi connectivity index (χ2v) is 6.11. The molecule has 0 aromatic heterocycles. The van der Waals surface area contributed by atoms with Gasteiger partial charge in [-0.05, 0) is 6.07 Å². The van der Waals surface area contributed by atoms with Crippen molar-refractivity contribution in [2.75, 3.05) is 20.2 Å². The molecule has 0 aliphatic rings. The number of sulfonamides is 1. The normalized spacial score (nSPS) is 11.5. The first-order valence-corrected chi connectivity index (χ1v) is 7.74. The minimum absolute atomic E-state index is 0.154. The summed E-state index contributed by atoms with van der Waals surface area (Å²) in [5, 5.41) is 20.2. The Balaban J connectivity index is 3.71. The summed E-state index contributed by atoms with van der Waals surface area (Å²) in [6.45, 7) is 3.52. The molecule has 0 atom stereocenters. The summed E-state index contributed by atoms with van der Waals surface area (Å²) >= 11 is 0. The predicted octanol–water partition coefficient (Wildman–Crippen LogP) is 1.33. The monoisotopic (exact) mass is 332 g/mol. The number of aromatic carboxylic acids is 1. The highest BCUT2D eigenvalue weighted by Crippen LogP contribution is 2.34. The van der Waals surface area contributed by atoms with Gasteiger partial charge < -0.3 is 9.84 Å². The fourth-order valence-electron chi connectivity index (χ4n) is 1.96. The second kappa shape index (κ2) is 6.71. The van der Waals surface area contributed by atoms with E-state index < -0.39 is 42.8 Å². The maximum Gasteiger partial charge on any atom is 0.339 e. The van der Waals surface area contributed by atoms with Gasteiger partial charge in [0.25, 0.3) is 0 Å². The summed E-state index contributed by atoms with van der Waals surface area (Å²) in [6.07, 6.45) is 0. The number of hydrogen-bond donors (Lipinski definition) is 1. The number of ether oxygens (including phenoxy) is 1. The van der Waals surface area contributed by atoms with E-state index in [0.29, 0.717) is 0 Å². The van der Waals surface area contributed by atoms with E-state index in [-0.39, 0.29) is 13.1 Å². The number of nitrogens with zero attached hydrogens (tertiary/aromatic N) is 2. The Hall–Kier alpha value is -2.20. The Morgan fingerprint density at radius 1 is 1.36 bits per heavy atom. The smallest absolute Gasteiger partial charge is 0.339 e. The molecule has 0 saturated heterocycles. The first-order chi connectivity index (χ1) is 10.2. The van der Waals surface area contributed by atoms with Crippen molar-refractivity contribution in [3.05, 3.63) is 27.8 Å². The molecule has 10 heteroatoms. The van der Waals surface area contributed by atoms with Crippen LogP contribution in [0.5, 0.6) is 5.75 Å². The Morgan fingerprint density at radius 3 is 2.27 bits per heavy atom. The molecule has 0 aliphatic carbocycles. The van der Waals surface area contributed by atoms with E-state index in [1.54, 1.807) is 13.8 Å². The zero-order chi connectivity index (χ0) is 17.1. The van der Waals surface area contributed by atoms with Crippen LogP contribution in [-0.2, 0) is 10.0 Å². The van der Waals surface area contributed by atoms with Crippen molar-refractivity contribution in [1.29, 1.82) is 0 Å². The molecule has 0 amide bonds. The molecule has 0 saturated carbocycles. The molecule has 0 spiro atoms. The van der Waals surface area contributed by atoms with Gasteiger partial charge in [-0.1, -0.05) is 13.8 Å². The minimum atomic E-state index is -4.03. The van der Waals surface area contributed by atoms with Gasteiger partial charge in [0.2, 0.25) is 15.8 Å². The Morgan fingerprint density at radius 2 is 1.91 bits per heavy atom. The Labute approximate surface area is 127 Å². The fourth-order valence-corrected chi connectivity index (χ4v) is 3.46. The predicted molar refractivity (Wildman–Crippen MR) is 76.7 cm³/mol. The highest BCUT2D eigenvalue weighted by atomic mass is 32.2. The number of nitro benzene ring substituents is 1. The van der Waals surface area contributed by atoms with Crippen LogP contribution in [0.1, 0.15) is 24.2 Å². The summed E-state index contributed by atoms with van der Waals surface area (Å²) in [4.78, 5) is 21.0.